The molecule has 2 fully saturated rings. The normalized spacial score (nSPS) is 32.3. The van der Waals surface area contributed by atoms with Crippen molar-refractivity contribution < 1.29 is 23.7 Å². The summed E-state index contributed by atoms with van der Waals surface area (Å²) in [7, 11) is 0. The van der Waals surface area contributed by atoms with Crippen molar-refractivity contribution in [2.45, 2.75) is 57.1 Å². The van der Waals surface area contributed by atoms with Crippen LogP contribution < -0.4 is 9.47 Å². The van der Waals surface area contributed by atoms with Crippen LogP contribution in [0.1, 0.15) is 42.4 Å². The van der Waals surface area contributed by atoms with E-state index in [1.54, 1.807) is 0 Å². The van der Waals surface area contributed by atoms with Crippen LogP contribution in [0.3, 0.4) is 0 Å². The fourth-order valence-electron chi connectivity index (χ4n) is 6.02. The molecule has 6 heteroatoms. The van der Waals surface area contributed by atoms with Gasteiger partial charge in [-0.2, -0.15) is 0 Å². The van der Waals surface area contributed by atoms with Crippen LogP contribution in [0.5, 0.6) is 11.5 Å². The third-order valence-electron chi connectivity index (χ3n) is 7.34. The molecule has 162 valence electrons. The Morgan fingerprint density at radius 1 is 1.10 bits per heavy atom. The third-order valence-corrected chi connectivity index (χ3v) is 7.34. The summed E-state index contributed by atoms with van der Waals surface area (Å²) in [5.74, 6) is 2.41. The van der Waals surface area contributed by atoms with Crippen molar-refractivity contribution >= 4 is 5.97 Å². The van der Waals surface area contributed by atoms with Crippen LogP contribution in [0.4, 0.5) is 0 Å². The Morgan fingerprint density at radius 2 is 1.90 bits per heavy atom. The van der Waals surface area contributed by atoms with E-state index in [4.69, 9.17) is 18.9 Å². The Hall–Kier alpha value is -2.57. The summed E-state index contributed by atoms with van der Waals surface area (Å²) in [6, 6.07) is 14.9. The average molecular weight is 421 g/mol. The number of carbonyl (C=O) groups is 1. The molecule has 2 aromatic rings. The van der Waals surface area contributed by atoms with Crippen molar-refractivity contribution in [1.29, 1.82) is 0 Å². The maximum atomic E-state index is 11.8. The van der Waals surface area contributed by atoms with Gasteiger partial charge in [-0.1, -0.05) is 30.3 Å². The lowest BCUT2D eigenvalue weighted by Gasteiger charge is -2.40. The van der Waals surface area contributed by atoms with E-state index in [0.29, 0.717) is 31.3 Å². The summed E-state index contributed by atoms with van der Waals surface area (Å²) >= 11 is 0. The molecule has 1 saturated heterocycles. The second-order valence-corrected chi connectivity index (χ2v) is 9.13. The number of carbonyl (C=O) groups excluding carboxylic acids is 1. The third kappa shape index (κ3) is 3.38. The molecule has 6 nitrogen and oxygen atoms in total. The molecule has 0 radical (unpaired) electrons. The van der Waals surface area contributed by atoms with Crippen molar-refractivity contribution in [3.8, 4) is 11.5 Å². The molecular weight excluding hydrogens is 394 g/mol. The van der Waals surface area contributed by atoms with E-state index in [1.165, 1.54) is 18.1 Å². The van der Waals surface area contributed by atoms with E-state index in [9.17, 15) is 4.79 Å². The topological polar surface area (TPSA) is 57.2 Å². The first-order chi connectivity index (χ1) is 15.2. The zero-order valence-electron chi connectivity index (χ0n) is 17.7. The monoisotopic (exact) mass is 421 g/mol. The number of benzene rings is 2. The number of hydrogen-bond donors (Lipinski definition) is 0. The van der Waals surface area contributed by atoms with Crippen LogP contribution >= 0.6 is 0 Å². The lowest BCUT2D eigenvalue weighted by atomic mass is 9.74. The summed E-state index contributed by atoms with van der Waals surface area (Å²) in [4.78, 5) is 14.4. The molecule has 6 rings (SSSR count). The van der Waals surface area contributed by atoms with E-state index >= 15 is 0 Å². The highest BCUT2D eigenvalue weighted by atomic mass is 16.7. The van der Waals surface area contributed by atoms with Gasteiger partial charge in [0, 0.05) is 38.4 Å². The Labute approximate surface area is 182 Å². The van der Waals surface area contributed by atoms with Crippen molar-refractivity contribution in [1.82, 2.24) is 4.90 Å². The minimum Gasteiger partial charge on any atom is -0.460 e. The minimum atomic E-state index is -0.235. The molecule has 4 aliphatic rings. The first-order valence-electron chi connectivity index (χ1n) is 11.1. The Kier molecular flexibility index (Phi) is 4.65. The van der Waals surface area contributed by atoms with Crippen LogP contribution in [-0.4, -0.2) is 42.5 Å². The van der Waals surface area contributed by atoms with Gasteiger partial charge >= 0.3 is 5.97 Å². The van der Waals surface area contributed by atoms with Crippen LogP contribution in [0.2, 0.25) is 0 Å². The smallest absolute Gasteiger partial charge is 0.302 e. The van der Waals surface area contributed by atoms with Gasteiger partial charge < -0.3 is 18.9 Å². The van der Waals surface area contributed by atoms with E-state index in [-0.39, 0.29) is 18.2 Å². The number of nitrogens with zero attached hydrogens (tertiary/aromatic N) is 1. The molecular formula is C25H27NO5. The van der Waals surface area contributed by atoms with Gasteiger partial charge in [0.15, 0.2) is 11.5 Å². The Balaban J connectivity index is 1.26. The van der Waals surface area contributed by atoms with Crippen LogP contribution in [0.25, 0.3) is 0 Å². The first-order valence-corrected chi connectivity index (χ1v) is 11.1. The number of ether oxygens (including phenoxy) is 4. The highest BCUT2D eigenvalue weighted by molar-refractivity contribution is 5.66. The first kappa shape index (κ1) is 19.1. The lowest BCUT2D eigenvalue weighted by Crippen LogP contribution is -2.47. The fourth-order valence-corrected chi connectivity index (χ4v) is 6.02. The Bertz CT molecular complexity index is 993. The van der Waals surface area contributed by atoms with Crippen LogP contribution in [0, 0.1) is 5.92 Å². The van der Waals surface area contributed by atoms with Crippen molar-refractivity contribution in [3.63, 3.8) is 0 Å². The van der Waals surface area contributed by atoms with E-state index < -0.39 is 0 Å². The molecule has 1 saturated carbocycles. The second kappa shape index (κ2) is 7.53. The molecule has 3 aliphatic heterocycles. The highest BCUT2D eigenvalue weighted by Gasteiger charge is 2.52. The predicted octanol–water partition coefficient (Wildman–Crippen LogP) is 3.62. The van der Waals surface area contributed by atoms with E-state index in [0.717, 1.165) is 43.0 Å². The van der Waals surface area contributed by atoms with Crippen LogP contribution in [-0.2, 0) is 27.4 Å². The molecule has 1 unspecified atom stereocenters. The molecule has 0 N–H and O–H groups in total. The van der Waals surface area contributed by atoms with Gasteiger partial charge in [0.1, 0.15) is 6.10 Å². The molecule has 1 aliphatic carbocycles. The fraction of sp³-hybridized carbons (Fsp3) is 0.480. The van der Waals surface area contributed by atoms with E-state index in [2.05, 4.69) is 29.2 Å². The number of esters is 1. The van der Waals surface area contributed by atoms with Gasteiger partial charge in [-0.15, -0.1) is 0 Å². The Morgan fingerprint density at radius 3 is 2.71 bits per heavy atom. The van der Waals surface area contributed by atoms with Crippen molar-refractivity contribution in [2.24, 2.45) is 5.92 Å². The predicted molar refractivity (Wildman–Crippen MR) is 113 cm³/mol. The second-order valence-electron chi connectivity index (χ2n) is 9.13. The molecule has 2 aromatic carbocycles. The standard InChI is InChI=1S/C25H27NO5/c1-15(27)31-25-10-21-19(9-24(25)28-13-16-5-3-2-4-6-16)20-12-26(21)11-17-7-22-23(8-18(17)20)30-14-29-22/h2-8,19-21,24-25H,9-14H2,1H3/t19-,20-,21-,24+,25-/m0/s1. The zero-order chi connectivity index (χ0) is 20.9. The SMILES string of the molecule is CC(=O)O[C@H]1C[C@H]2[C@@H](C[C@H]1OCc1ccccc1)[C@H]1CN2Cc2cc3c(cc21)OCO3. The molecule has 2 bridgehead atoms. The van der Waals surface area contributed by atoms with Gasteiger partial charge in [-0.25, -0.2) is 0 Å². The minimum absolute atomic E-state index is 0.0941. The maximum absolute atomic E-state index is 11.8. The van der Waals surface area contributed by atoms with Crippen molar-refractivity contribution in [3.05, 3.63) is 59.2 Å². The summed E-state index contributed by atoms with van der Waals surface area (Å²) in [6.07, 6.45) is 1.41. The molecule has 3 heterocycles. The van der Waals surface area contributed by atoms with E-state index in [1.807, 2.05) is 18.2 Å². The summed E-state index contributed by atoms with van der Waals surface area (Å²) in [5, 5.41) is 0. The van der Waals surface area contributed by atoms with Gasteiger partial charge in [0.25, 0.3) is 0 Å². The lowest BCUT2D eigenvalue weighted by molar-refractivity contribution is -0.163. The maximum Gasteiger partial charge on any atom is 0.302 e. The molecule has 0 aromatic heterocycles. The van der Waals surface area contributed by atoms with Gasteiger partial charge in [-0.05, 0) is 41.2 Å². The number of rotatable bonds is 4. The summed E-state index contributed by atoms with van der Waals surface area (Å²) in [5.41, 5.74) is 3.86. The van der Waals surface area contributed by atoms with Crippen molar-refractivity contribution in [2.75, 3.05) is 13.3 Å². The number of hydrogen-bond acceptors (Lipinski definition) is 6. The summed E-state index contributed by atoms with van der Waals surface area (Å²) < 4.78 is 23.4. The van der Waals surface area contributed by atoms with Crippen LogP contribution in [0.15, 0.2) is 42.5 Å². The highest BCUT2D eigenvalue weighted by Crippen LogP contribution is 2.52. The summed E-state index contributed by atoms with van der Waals surface area (Å²) in [6.45, 7) is 4.28. The number of fused-ring (bicyclic) bond motifs is 8. The molecule has 0 amide bonds. The molecule has 31 heavy (non-hydrogen) atoms. The van der Waals surface area contributed by atoms with Gasteiger partial charge in [0.05, 0.1) is 12.7 Å². The molecule has 0 spiro atoms. The zero-order valence-corrected chi connectivity index (χ0v) is 17.7. The quantitative estimate of drug-likeness (QED) is 0.703. The molecule has 6 atom stereocenters. The van der Waals surface area contributed by atoms with Gasteiger partial charge in [0.2, 0.25) is 6.79 Å². The van der Waals surface area contributed by atoms with Gasteiger partial charge in [-0.3, -0.25) is 9.69 Å². The largest absolute Gasteiger partial charge is 0.460 e. The average Bonchev–Trinajstić information content (AvgIpc) is 3.34.